The molecule has 1 unspecified atom stereocenters. The van der Waals surface area contributed by atoms with Gasteiger partial charge in [-0.15, -0.1) is 11.3 Å². The summed E-state index contributed by atoms with van der Waals surface area (Å²) in [7, 11) is 1.79. The third kappa shape index (κ3) is 3.24. The quantitative estimate of drug-likeness (QED) is 0.508. The number of thiophene rings is 1. The fourth-order valence-electron chi connectivity index (χ4n) is 1.79. The monoisotopic (exact) mass is 489 g/mol. The van der Waals surface area contributed by atoms with E-state index in [9.17, 15) is 4.39 Å². The van der Waals surface area contributed by atoms with Crippen LogP contribution in [0, 0.1) is 5.82 Å². The van der Waals surface area contributed by atoms with Gasteiger partial charge in [0.05, 0.1) is 18.6 Å². The smallest absolute Gasteiger partial charge is 0.148 e. The van der Waals surface area contributed by atoms with E-state index >= 15 is 0 Å². The van der Waals surface area contributed by atoms with Crippen molar-refractivity contribution in [2.75, 3.05) is 7.05 Å². The molecule has 0 aliphatic heterocycles. The average Bonchev–Trinajstić information content (AvgIpc) is 2.69. The lowest BCUT2D eigenvalue weighted by atomic mass is 10.0. The minimum atomic E-state index is -0.412. The molecule has 1 heterocycles. The van der Waals surface area contributed by atoms with E-state index in [-0.39, 0.29) is 11.1 Å². The first-order valence-corrected chi connectivity index (χ1v) is 8.78. The zero-order chi connectivity index (χ0) is 14.2. The Bertz CT molecular complexity index is 617. The van der Waals surface area contributed by atoms with Gasteiger partial charge in [-0.1, -0.05) is 17.7 Å². The average molecular weight is 492 g/mol. The Hall–Kier alpha value is 0.540. The van der Waals surface area contributed by atoms with Crippen molar-refractivity contribution in [2.45, 2.75) is 6.04 Å². The van der Waals surface area contributed by atoms with Crippen molar-refractivity contribution in [2.24, 2.45) is 0 Å². The maximum absolute atomic E-state index is 14.3. The van der Waals surface area contributed by atoms with E-state index in [1.54, 1.807) is 30.5 Å². The molecule has 0 fully saturated rings. The summed E-state index contributed by atoms with van der Waals surface area (Å²) < 4.78 is 16.8. The molecule has 0 spiro atoms. The largest absolute Gasteiger partial charge is 0.309 e. The Morgan fingerprint density at radius 1 is 1.26 bits per heavy atom. The van der Waals surface area contributed by atoms with Gasteiger partial charge >= 0.3 is 0 Å². The van der Waals surface area contributed by atoms with Crippen LogP contribution >= 0.6 is 70.7 Å². The summed E-state index contributed by atoms with van der Waals surface area (Å²) in [6.45, 7) is 0. The molecule has 19 heavy (non-hydrogen) atoms. The van der Waals surface area contributed by atoms with E-state index in [1.165, 1.54) is 0 Å². The molecule has 1 atom stereocenters. The van der Waals surface area contributed by atoms with Crippen molar-refractivity contribution >= 4 is 70.7 Å². The van der Waals surface area contributed by atoms with Crippen LogP contribution in [0.15, 0.2) is 30.2 Å². The second-order valence-corrected chi connectivity index (χ2v) is 8.75. The van der Waals surface area contributed by atoms with Crippen molar-refractivity contribution in [3.05, 3.63) is 52.2 Å². The highest BCUT2D eigenvalue weighted by atomic mass is 79.9. The Morgan fingerprint density at radius 2 is 1.95 bits per heavy atom. The fraction of sp³-hybridized carbons (Fsp3) is 0.167. The molecule has 102 valence electrons. The van der Waals surface area contributed by atoms with Gasteiger partial charge in [-0.3, -0.25) is 0 Å². The fourth-order valence-corrected chi connectivity index (χ4v) is 5.17. The molecule has 0 amide bonds. The van der Waals surface area contributed by atoms with Crippen molar-refractivity contribution in [3.8, 4) is 0 Å². The highest BCUT2D eigenvalue weighted by molar-refractivity contribution is 9.12. The molecule has 1 aromatic heterocycles. The minimum Gasteiger partial charge on any atom is -0.309 e. The Kier molecular flexibility index (Phi) is 5.48. The third-order valence-corrected chi connectivity index (χ3v) is 6.30. The molecule has 2 rings (SSSR count). The summed E-state index contributed by atoms with van der Waals surface area (Å²) in [6.07, 6.45) is 0. The summed E-state index contributed by atoms with van der Waals surface area (Å²) in [5.74, 6) is -0.412. The molecule has 0 radical (unpaired) electrons. The summed E-state index contributed by atoms with van der Waals surface area (Å²) in [6, 6.07) is 5.18. The van der Waals surface area contributed by atoms with Crippen LogP contribution in [0.4, 0.5) is 4.39 Å². The Labute approximate surface area is 144 Å². The topological polar surface area (TPSA) is 12.0 Å². The zero-order valence-corrected chi connectivity index (χ0v) is 15.9. The number of benzene rings is 1. The molecule has 0 bridgehead atoms. The van der Waals surface area contributed by atoms with Crippen LogP contribution in [0.1, 0.15) is 17.2 Å². The molecule has 1 nitrogen and oxygen atoms in total. The molecule has 0 aliphatic carbocycles. The third-order valence-electron chi connectivity index (χ3n) is 2.66. The first-order chi connectivity index (χ1) is 8.95. The van der Waals surface area contributed by atoms with Crippen LogP contribution in [0.25, 0.3) is 0 Å². The number of rotatable bonds is 3. The summed E-state index contributed by atoms with van der Waals surface area (Å²) >= 11 is 17.6. The molecule has 0 saturated carbocycles. The van der Waals surface area contributed by atoms with Crippen LogP contribution in [-0.4, -0.2) is 7.05 Å². The van der Waals surface area contributed by atoms with Gasteiger partial charge in [0.25, 0.3) is 0 Å². The molecular weight excluding hydrogens is 484 g/mol. The molecular formula is C12H8Br3ClFNS. The number of nitrogens with one attached hydrogen (secondary N) is 1. The van der Waals surface area contributed by atoms with E-state index in [4.69, 9.17) is 11.6 Å². The Balaban J connectivity index is 2.54. The normalized spacial score (nSPS) is 12.7. The number of hydrogen-bond acceptors (Lipinski definition) is 2. The summed E-state index contributed by atoms with van der Waals surface area (Å²) in [5, 5.41) is 3.22. The van der Waals surface area contributed by atoms with Gasteiger partial charge in [0, 0.05) is 10.0 Å². The molecule has 0 aliphatic rings. The van der Waals surface area contributed by atoms with Crippen LogP contribution < -0.4 is 5.32 Å². The lowest BCUT2D eigenvalue weighted by Gasteiger charge is -2.18. The van der Waals surface area contributed by atoms with Crippen molar-refractivity contribution in [1.29, 1.82) is 0 Å². The van der Waals surface area contributed by atoms with Gasteiger partial charge in [-0.2, -0.15) is 0 Å². The van der Waals surface area contributed by atoms with E-state index in [0.29, 0.717) is 10.0 Å². The van der Waals surface area contributed by atoms with Crippen LogP contribution in [0.3, 0.4) is 0 Å². The molecule has 1 aromatic carbocycles. The molecule has 2 aromatic rings. The second kappa shape index (κ2) is 6.54. The number of halogens is 5. The van der Waals surface area contributed by atoms with E-state index in [1.807, 2.05) is 6.07 Å². The predicted molar refractivity (Wildman–Crippen MR) is 89.7 cm³/mol. The van der Waals surface area contributed by atoms with Crippen LogP contribution in [-0.2, 0) is 0 Å². The van der Waals surface area contributed by atoms with E-state index < -0.39 is 5.82 Å². The van der Waals surface area contributed by atoms with Crippen molar-refractivity contribution in [1.82, 2.24) is 5.32 Å². The van der Waals surface area contributed by atoms with Crippen molar-refractivity contribution < 1.29 is 4.39 Å². The molecule has 7 heteroatoms. The van der Waals surface area contributed by atoms with Gasteiger partial charge in [-0.25, -0.2) is 4.39 Å². The highest BCUT2D eigenvalue weighted by Gasteiger charge is 2.22. The van der Waals surface area contributed by atoms with Crippen molar-refractivity contribution in [3.63, 3.8) is 0 Å². The lowest BCUT2D eigenvalue weighted by molar-refractivity contribution is 0.576. The highest BCUT2D eigenvalue weighted by Crippen LogP contribution is 2.40. The maximum atomic E-state index is 14.3. The summed E-state index contributed by atoms with van der Waals surface area (Å²) in [5.41, 5.74) is 1.48. The van der Waals surface area contributed by atoms with E-state index in [0.717, 1.165) is 13.1 Å². The second-order valence-electron chi connectivity index (χ2n) is 3.77. The SMILES string of the molecule is CNC(c1cc(Br)sc1Br)c1ccc(Br)c(Cl)c1F. The van der Waals surface area contributed by atoms with Gasteiger partial charge in [-0.05, 0) is 72.5 Å². The van der Waals surface area contributed by atoms with Gasteiger partial charge in [0.1, 0.15) is 5.82 Å². The lowest BCUT2D eigenvalue weighted by Crippen LogP contribution is -2.19. The minimum absolute atomic E-state index is 0.100. The molecule has 1 N–H and O–H groups in total. The first kappa shape index (κ1) is 15.9. The molecule has 0 saturated heterocycles. The standard InChI is InChI=1S/C12H8Br3ClFNS/c1-18-11(6-4-8(14)19-12(6)15)5-2-3-7(13)9(16)10(5)17/h2-4,11,18H,1H3. The Morgan fingerprint density at radius 3 is 2.47 bits per heavy atom. The van der Waals surface area contributed by atoms with Crippen LogP contribution in [0.2, 0.25) is 5.02 Å². The van der Waals surface area contributed by atoms with Crippen LogP contribution in [0.5, 0.6) is 0 Å². The van der Waals surface area contributed by atoms with E-state index in [2.05, 4.69) is 53.1 Å². The van der Waals surface area contributed by atoms with Gasteiger partial charge in [0.15, 0.2) is 0 Å². The maximum Gasteiger partial charge on any atom is 0.148 e. The van der Waals surface area contributed by atoms with Gasteiger partial charge in [0.2, 0.25) is 0 Å². The van der Waals surface area contributed by atoms with Gasteiger partial charge < -0.3 is 5.32 Å². The zero-order valence-electron chi connectivity index (χ0n) is 9.61. The first-order valence-electron chi connectivity index (χ1n) is 5.21. The predicted octanol–water partition coefficient (Wildman–Crippen LogP) is 6.14. The number of hydrogen-bond donors (Lipinski definition) is 1. The summed E-state index contributed by atoms with van der Waals surface area (Å²) in [4.78, 5) is 0.